The second kappa shape index (κ2) is 7.02. The van der Waals surface area contributed by atoms with E-state index in [1.165, 1.54) is 19.3 Å². The molecule has 23 heavy (non-hydrogen) atoms. The summed E-state index contributed by atoms with van der Waals surface area (Å²) in [7, 11) is 0. The molecule has 1 aromatic rings. The van der Waals surface area contributed by atoms with Crippen molar-refractivity contribution in [1.29, 1.82) is 0 Å². The predicted molar refractivity (Wildman–Crippen MR) is 91.1 cm³/mol. The quantitative estimate of drug-likeness (QED) is 0.896. The van der Waals surface area contributed by atoms with Gasteiger partial charge in [-0.05, 0) is 43.0 Å². The summed E-state index contributed by atoms with van der Waals surface area (Å²) in [5, 5.41) is 13.5. The van der Waals surface area contributed by atoms with E-state index in [0.29, 0.717) is 6.42 Å². The molecule has 0 bridgehead atoms. The Morgan fingerprint density at radius 3 is 2.61 bits per heavy atom. The molecular weight excluding hydrogens is 288 g/mol. The van der Waals surface area contributed by atoms with E-state index in [2.05, 4.69) is 24.1 Å². The second-order valence-corrected chi connectivity index (χ2v) is 7.24. The zero-order valence-electron chi connectivity index (χ0n) is 14.2. The van der Waals surface area contributed by atoms with Gasteiger partial charge in [0.05, 0.1) is 18.2 Å². The normalized spacial score (nSPS) is 26.1. The number of hydrogen-bond acceptors (Lipinski definition) is 3. The molecule has 0 saturated carbocycles. The lowest BCUT2D eigenvalue weighted by Gasteiger charge is -2.36. The Morgan fingerprint density at radius 2 is 1.91 bits per heavy atom. The zero-order valence-corrected chi connectivity index (χ0v) is 14.2. The number of carbonyl (C=O) groups excluding carboxylic acids is 1. The zero-order chi connectivity index (χ0) is 16.4. The molecule has 1 aliphatic carbocycles. The number of hydrogen-bond donors (Lipinski definition) is 2. The highest BCUT2D eigenvalue weighted by atomic mass is 16.3. The molecule has 1 saturated heterocycles. The van der Waals surface area contributed by atoms with Crippen LogP contribution in [-0.2, 0) is 11.2 Å². The number of amides is 1. The maximum absolute atomic E-state index is 12.9. The Bertz CT molecular complexity index is 552. The fraction of sp³-hybridized carbons (Fsp3) is 0.632. The average Bonchev–Trinajstić information content (AvgIpc) is 2.84. The minimum atomic E-state index is -0.523. The van der Waals surface area contributed by atoms with Crippen LogP contribution in [0.25, 0.3) is 0 Å². The van der Waals surface area contributed by atoms with E-state index < -0.39 is 6.10 Å². The van der Waals surface area contributed by atoms with Crippen molar-refractivity contribution >= 4 is 5.91 Å². The van der Waals surface area contributed by atoms with Crippen molar-refractivity contribution < 1.29 is 9.90 Å². The van der Waals surface area contributed by atoms with Gasteiger partial charge in [-0.25, -0.2) is 0 Å². The first-order valence-corrected chi connectivity index (χ1v) is 8.88. The summed E-state index contributed by atoms with van der Waals surface area (Å²) in [4.78, 5) is 15.2. The summed E-state index contributed by atoms with van der Waals surface area (Å²) < 4.78 is 0. The number of likely N-dealkylation sites (tertiary alicyclic amines) is 1. The number of piperidine rings is 1. The standard InChI is InChI=1S/C19H28N2O2/c1-13(2)18(21-10-6-3-7-11-21)19(23)20-17-15-9-5-4-8-14(15)12-16(17)22/h4-5,8-9,13,16-18,22H,3,6-7,10-12H2,1-2H3,(H,20,23). The molecule has 1 fully saturated rings. The van der Waals surface area contributed by atoms with Crippen molar-refractivity contribution in [1.82, 2.24) is 10.2 Å². The summed E-state index contributed by atoms with van der Waals surface area (Å²) in [6.45, 7) is 6.22. The highest BCUT2D eigenvalue weighted by molar-refractivity contribution is 5.82. The third-order valence-electron chi connectivity index (χ3n) is 5.19. The van der Waals surface area contributed by atoms with Crippen molar-refractivity contribution in [2.24, 2.45) is 5.92 Å². The Hall–Kier alpha value is -1.39. The van der Waals surface area contributed by atoms with Gasteiger partial charge in [-0.3, -0.25) is 9.69 Å². The van der Waals surface area contributed by atoms with E-state index in [-0.39, 0.29) is 23.9 Å². The maximum Gasteiger partial charge on any atom is 0.238 e. The molecule has 0 spiro atoms. The van der Waals surface area contributed by atoms with Crippen LogP contribution in [0.15, 0.2) is 24.3 Å². The molecule has 126 valence electrons. The monoisotopic (exact) mass is 316 g/mol. The number of fused-ring (bicyclic) bond motifs is 1. The molecule has 4 nitrogen and oxygen atoms in total. The van der Waals surface area contributed by atoms with E-state index >= 15 is 0 Å². The van der Waals surface area contributed by atoms with Gasteiger partial charge in [-0.15, -0.1) is 0 Å². The lowest BCUT2D eigenvalue weighted by molar-refractivity contribution is -0.130. The Labute approximate surface area is 138 Å². The van der Waals surface area contributed by atoms with Crippen LogP contribution in [0.5, 0.6) is 0 Å². The first-order valence-electron chi connectivity index (χ1n) is 8.88. The van der Waals surface area contributed by atoms with Crippen LogP contribution in [0.4, 0.5) is 0 Å². The first-order chi connectivity index (χ1) is 11.1. The maximum atomic E-state index is 12.9. The van der Waals surface area contributed by atoms with Crippen molar-refractivity contribution in [3.8, 4) is 0 Å². The lowest BCUT2D eigenvalue weighted by atomic mass is 9.97. The summed E-state index contributed by atoms with van der Waals surface area (Å²) in [6.07, 6.45) is 3.71. The topological polar surface area (TPSA) is 52.6 Å². The van der Waals surface area contributed by atoms with Crippen LogP contribution < -0.4 is 5.32 Å². The van der Waals surface area contributed by atoms with Crippen LogP contribution in [0.2, 0.25) is 0 Å². The Kier molecular flexibility index (Phi) is 5.02. The van der Waals surface area contributed by atoms with E-state index in [1.807, 2.05) is 24.3 Å². The third kappa shape index (κ3) is 3.43. The van der Waals surface area contributed by atoms with Gasteiger partial charge in [0.2, 0.25) is 5.91 Å². The predicted octanol–water partition coefficient (Wildman–Crippen LogP) is 2.27. The number of carbonyl (C=O) groups is 1. The molecule has 3 unspecified atom stereocenters. The molecular formula is C19H28N2O2. The van der Waals surface area contributed by atoms with Gasteiger partial charge in [-0.2, -0.15) is 0 Å². The summed E-state index contributed by atoms with van der Waals surface area (Å²) >= 11 is 0. The van der Waals surface area contributed by atoms with E-state index in [0.717, 1.165) is 24.2 Å². The number of benzene rings is 1. The van der Waals surface area contributed by atoms with Crippen molar-refractivity contribution in [2.45, 2.75) is 57.7 Å². The van der Waals surface area contributed by atoms with Gasteiger partial charge in [0.15, 0.2) is 0 Å². The van der Waals surface area contributed by atoms with Gasteiger partial charge in [0, 0.05) is 6.42 Å². The van der Waals surface area contributed by atoms with E-state index in [1.54, 1.807) is 0 Å². The smallest absolute Gasteiger partial charge is 0.238 e. The largest absolute Gasteiger partial charge is 0.390 e. The molecule has 3 atom stereocenters. The van der Waals surface area contributed by atoms with Crippen molar-refractivity contribution in [3.05, 3.63) is 35.4 Å². The first kappa shape index (κ1) is 16.5. The molecule has 1 aliphatic heterocycles. The minimum Gasteiger partial charge on any atom is -0.390 e. The SMILES string of the molecule is CC(C)C(C(=O)NC1c2ccccc2CC1O)N1CCCCC1. The van der Waals surface area contributed by atoms with E-state index in [9.17, 15) is 9.90 Å². The molecule has 1 heterocycles. The van der Waals surface area contributed by atoms with Gasteiger partial charge in [0.1, 0.15) is 0 Å². The Morgan fingerprint density at radius 1 is 1.22 bits per heavy atom. The van der Waals surface area contributed by atoms with Crippen LogP contribution in [0.1, 0.15) is 50.3 Å². The molecule has 2 aliphatic rings. The molecule has 1 amide bonds. The minimum absolute atomic E-state index is 0.0580. The highest BCUT2D eigenvalue weighted by Crippen LogP contribution is 2.31. The number of nitrogens with one attached hydrogen (secondary N) is 1. The summed E-state index contributed by atoms with van der Waals surface area (Å²) in [6, 6.07) is 7.64. The molecule has 1 aromatic carbocycles. The van der Waals surface area contributed by atoms with Gasteiger partial charge < -0.3 is 10.4 Å². The van der Waals surface area contributed by atoms with Crippen LogP contribution >= 0.6 is 0 Å². The molecule has 0 radical (unpaired) electrons. The average molecular weight is 316 g/mol. The van der Waals surface area contributed by atoms with Crippen LogP contribution in [0.3, 0.4) is 0 Å². The number of aliphatic hydroxyl groups excluding tert-OH is 1. The molecule has 2 N–H and O–H groups in total. The summed E-state index contributed by atoms with van der Waals surface area (Å²) in [5.41, 5.74) is 2.21. The fourth-order valence-electron chi connectivity index (χ4n) is 4.07. The van der Waals surface area contributed by atoms with Crippen molar-refractivity contribution in [3.63, 3.8) is 0 Å². The van der Waals surface area contributed by atoms with E-state index in [4.69, 9.17) is 0 Å². The third-order valence-corrected chi connectivity index (χ3v) is 5.19. The molecule has 3 rings (SSSR count). The Balaban J connectivity index is 1.74. The molecule has 0 aromatic heterocycles. The number of aliphatic hydroxyl groups is 1. The lowest BCUT2D eigenvalue weighted by Crippen LogP contribution is -2.52. The van der Waals surface area contributed by atoms with Crippen molar-refractivity contribution in [2.75, 3.05) is 13.1 Å². The molecule has 4 heteroatoms. The summed E-state index contributed by atoms with van der Waals surface area (Å²) in [5.74, 6) is 0.324. The van der Waals surface area contributed by atoms with Gasteiger partial charge in [-0.1, -0.05) is 44.5 Å². The number of nitrogens with zero attached hydrogens (tertiary/aromatic N) is 1. The number of rotatable bonds is 4. The second-order valence-electron chi connectivity index (χ2n) is 7.24. The van der Waals surface area contributed by atoms with Gasteiger partial charge >= 0.3 is 0 Å². The highest BCUT2D eigenvalue weighted by Gasteiger charge is 2.36. The van der Waals surface area contributed by atoms with Gasteiger partial charge in [0.25, 0.3) is 0 Å². The van der Waals surface area contributed by atoms with Crippen LogP contribution in [0, 0.1) is 5.92 Å². The fourth-order valence-corrected chi connectivity index (χ4v) is 4.07. The van der Waals surface area contributed by atoms with Crippen LogP contribution in [-0.4, -0.2) is 41.1 Å².